The van der Waals surface area contributed by atoms with E-state index in [1.54, 1.807) is 10.4 Å². The number of hydrogen-bond acceptors (Lipinski definition) is 4. The molecule has 0 aliphatic carbocycles. The van der Waals surface area contributed by atoms with Gasteiger partial charge in [0.2, 0.25) is 0 Å². The second kappa shape index (κ2) is 5.06. The zero-order valence-corrected chi connectivity index (χ0v) is 11.8. The monoisotopic (exact) mass is 274 g/mol. The minimum atomic E-state index is -3.29. The Morgan fingerprint density at radius 2 is 2.12 bits per heavy atom. The van der Waals surface area contributed by atoms with E-state index in [1.165, 1.54) is 11.3 Å². The predicted molar refractivity (Wildman–Crippen MR) is 69.9 cm³/mol. The van der Waals surface area contributed by atoms with Crippen LogP contribution in [0.25, 0.3) is 0 Å². The Morgan fingerprint density at radius 1 is 1.41 bits per heavy atom. The second-order valence-electron chi connectivity index (χ2n) is 4.09. The van der Waals surface area contributed by atoms with Gasteiger partial charge in [0.15, 0.2) is 0 Å². The second-order valence-corrected chi connectivity index (χ2v) is 7.38. The first-order valence-electron chi connectivity index (χ1n) is 5.90. The Hall–Kier alpha value is -0.430. The minimum Gasteiger partial charge on any atom is -0.313 e. The van der Waals surface area contributed by atoms with E-state index in [1.807, 2.05) is 19.9 Å². The Labute approximate surface area is 107 Å². The lowest BCUT2D eigenvalue weighted by Crippen LogP contribution is -2.58. The highest BCUT2D eigenvalue weighted by Crippen LogP contribution is 2.27. The van der Waals surface area contributed by atoms with E-state index in [0.29, 0.717) is 10.8 Å². The molecule has 0 saturated carbocycles. The van der Waals surface area contributed by atoms with Gasteiger partial charge in [-0.15, -0.1) is 11.3 Å². The van der Waals surface area contributed by atoms with Crippen molar-refractivity contribution >= 4 is 21.4 Å². The van der Waals surface area contributed by atoms with Gasteiger partial charge >= 0.3 is 0 Å². The van der Waals surface area contributed by atoms with Gasteiger partial charge in [0.1, 0.15) is 4.21 Å². The molecular weight excluding hydrogens is 256 g/mol. The standard InChI is InChI=1S/C11H18N2O2S2/c1-3-10-5-6-11(16-10)17(14,15)13(4-2)9-7-12-8-9/h5-6,9,12H,3-4,7-8H2,1-2H3. The fourth-order valence-corrected chi connectivity index (χ4v) is 4.96. The van der Waals surface area contributed by atoms with E-state index in [2.05, 4.69) is 5.32 Å². The number of likely N-dealkylation sites (N-methyl/N-ethyl adjacent to an activating group) is 1. The van der Waals surface area contributed by atoms with Crippen LogP contribution in [0.15, 0.2) is 16.3 Å². The lowest BCUT2D eigenvalue weighted by Gasteiger charge is -2.36. The van der Waals surface area contributed by atoms with Crippen molar-refractivity contribution in [2.75, 3.05) is 19.6 Å². The summed E-state index contributed by atoms with van der Waals surface area (Å²) < 4.78 is 27.0. The van der Waals surface area contributed by atoms with Gasteiger partial charge in [-0.2, -0.15) is 4.31 Å². The Kier molecular flexibility index (Phi) is 3.87. The number of rotatable bonds is 5. The van der Waals surface area contributed by atoms with Crippen LogP contribution in [-0.2, 0) is 16.4 Å². The molecule has 0 atom stereocenters. The number of aryl methyl sites for hydroxylation is 1. The molecular formula is C11H18N2O2S2. The van der Waals surface area contributed by atoms with Gasteiger partial charge < -0.3 is 5.32 Å². The molecule has 1 saturated heterocycles. The Morgan fingerprint density at radius 3 is 2.53 bits per heavy atom. The van der Waals surface area contributed by atoms with Crippen molar-refractivity contribution in [3.05, 3.63) is 17.0 Å². The van der Waals surface area contributed by atoms with E-state index in [0.717, 1.165) is 24.4 Å². The zero-order chi connectivity index (χ0) is 12.5. The SMILES string of the molecule is CCc1ccc(S(=O)(=O)N(CC)C2CNC2)s1. The van der Waals surface area contributed by atoms with Crippen LogP contribution in [0.2, 0.25) is 0 Å². The zero-order valence-electron chi connectivity index (χ0n) is 10.1. The van der Waals surface area contributed by atoms with Crippen molar-refractivity contribution in [1.82, 2.24) is 9.62 Å². The average Bonchev–Trinajstić information content (AvgIpc) is 2.71. The highest BCUT2D eigenvalue weighted by atomic mass is 32.2. The quantitative estimate of drug-likeness (QED) is 0.880. The molecule has 0 bridgehead atoms. The van der Waals surface area contributed by atoms with Gasteiger partial charge in [-0.25, -0.2) is 8.42 Å². The number of hydrogen-bond donors (Lipinski definition) is 1. The molecule has 2 heterocycles. The fraction of sp³-hybridized carbons (Fsp3) is 0.636. The minimum absolute atomic E-state index is 0.122. The maximum Gasteiger partial charge on any atom is 0.252 e. The van der Waals surface area contributed by atoms with Crippen molar-refractivity contribution in [1.29, 1.82) is 0 Å². The molecule has 2 rings (SSSR count). The molecule has 1 aromatic heterocycles. The van der Waals surface area contributed by atoms with Crippen molar-refractivity contribution in [2.45, 2.75) is 30.5 Å². The summed E-state index contributed by atoms with van der Waals surface area (Å²) >= 11 is 1.39. The fourth-order valence-electron chi connectivity index (χ4n) is 1.90. The van der Waals surface area contributed by atoms with Gasteiger partial charge in [0.05, 0.1) is 6.04 Å². The molecule has 0 spiro atoms. The summed E-state index contributed by atoms with van der Waals surface area (Å²) in [7, 11) is -3.29. The normalized spacial score (nSPS) is 17.4. The van der Waals surface area contributed by atoms with Crippen LogP contribution in [0.3, 0.4) is 0 Å². The molecule has 0 aromatic carbocycles. The van der Waals surface area contributed by atoms with Crippen LogP contribution >= 0.6 is 11.3 Å². The third-order valence-corrected chi connectivity index (χ3v) is 6.75. The predicted octanol–water partition coefficient (Wildman–Crippen LogP) is 1.29. The molecule has 1 aliphatic heterocycles. The first kappa shape index (κ1) is 13.0. The van der Waals surface area contributed by atoms with Gasteiger partial charge in [0, 0.05) is 24.5 Å². The van der Waals surface area contributed by atoms with Crippen LogP contribution in [0.1, 0.15) is 18.7 Å². The highest BCUT2D eigenvalue weighted by Gasteiger charge is 2.34. The van der Waals surface area contributed by atoms with Crippen LogP contribution < -0.4 is 5.32 Å². The number of sulfonamides is 1. The van der Waals surface area contributed by atoms with E-state index in [9.17, 15) is 8.42 Å². The summed E-state index contributed by atoms with van der Waals surface area (Å²) in [6.07, 6.45) is 0.886. The molecule has 96 valence electrons. The van der Waals surface area contributed by atoms with Crippen molar-refractivity contribution < 1.29 is 8.42 Å². The van der Waals surface area contributed by atoms with Crippen molar-refractivity contribution in [3.63, 3.8) is 0 Å². The van der Waals surface area contributed by atoms with E-state index < -0.39 is 10.0 Å². The molecule has 1 N–H and O–H groups in total. The Balaban J connectivity index is 2.27. The van der Waals surface area contributed by atoms with Crippen LogP contribution in [0.4, 0.5) is 0 Å². The molecule has 6 heteroatoms. The first-order chi connectivity index (χ1) is 8.09. The molecule has 0 amide bonds. The smallest absolute Gasteiger partial charge is 0.252 e. The molecule has 17 heavy (non-hydrogen) atoms. The van der Waals surface area contributed by atoms with Gasteiger partial charge in [-0.1, -0.05) is 13.8 Å². The van der Waals surface area contributed by atoms with E-state index in [4.69, 9.17) is 0 Å². The molecule has 4 nitrogen and oxygen atoms in total. The van der Waals surface area contributed by atoms with Gasteiger partial charge in [-0.3, -0.25) is 0 Å². The Bertz CT molecular complexity index is 477. The summed E-state index contributed by atoms with van der Waals surface area (Å²) in [5.74, 6) is 0. The summed E-state index contributed by atoms with van der Waals surface area (Å²) in [6, 6.07) is 3.76. The molecule has 0 unspecified atom stereocenters. The third kappa shape index (κ3) is 2.40. The topological polar surface area (TPSA) is 49.4 Å². The molecule has 1 aliphatic rings. The van der Waals surface area contributed by atoms with Crippen LogP contribution in [0, 0.1) is 0 Å². The number of nitrogens with zero attached hydrogens (tertiary/aromatic N) is 1. The molecule has 0 radical (unpaired) electrons. The van der Waals surface area contributed by atoms with Gasteiger partial charge in [-0.05, 0) is 18.6 Å². The largest absolute Gasteiger partial charge is 0.313 e. The number of thiophene rings is 1. The lowest BCUT2D eigenvalue weighted by molar-refractivity contribution is 0.250. The number of nitrogens with one attached hydrogen (secondary N) is 1. The summed E-state index contributed by atoms with van der Waals surface area (Å²) in [5, 5.41) is 3.11. The first-order valence-corrected chi connectivity index (χ1v) is 8.16. The maximum absolute atomic E-state index is 12.4. The summed E-state index contributed by atoms with van der Waals surface area (Å²) in [6.45, 7) is 5.99. The average molecular weight is 274 g/mol. The summed E-state index contributed by atoms with van der Waals surface area (Å²) in [5.41, 5.74) is 0. The third-order valence-electron chi connectivity index (χ3n) is 3.03. The van der Waals surface area contributed by atoms with E-state index >= 15 is 0 Å². The van der Waals surface area contributed by atoms with Crippen LogP contribution in [-0.4, -0.2) is 38.4 Å². The van der Waals surface area contributed by atoms with Crippen LogP contribution in [0.5, 0.6) is 0 Å². The van der Waals surface area contributed by atoms with Crippen molar-refractivity contribution in [3.8, 4) is 0 Å². The molecule has 1 aromatic rings. The maximum atomic E-state index is 12.4. The van der Waals surface area contributed by atoms with Gasteiger partial charge in [0.25, 0.3) is 10.0 Å². The van der Waals surface area contributed by atoms with Crippen molar-refractivity contribution in [2.24, 2.45) is 0 Å². The molecule has 1 fully saturated rings. The van der Waals surface area contributed by atoms with E-state index in [-0.39, 0.29) is 6.04 Å². The summed E-state index contributed by atoms with van der Waals surface area (Å²) in [4.78, 5) is 1.12. The lowest BCUT2D eigenvalue weighted by atomic mass is 10.2. The highest BCUT2D eigenvalue weighted by molar-refractivity contribution is 7.91.